The van der Waals surface area contributed by atoms with Gasteiger partial charge in [0, 0.05) is 20.2 Å². The summed E-state index contributed by atoms with van der Waals surface area (Å²) < 4.78 is 5.40. The van der Waals surface area contributed by atoms with Crippen molar-refractivity contribution < 1.29 is 4.74 Å². The second-order valence-corrected chi connectivity index (χ2v) is 5.21. The van der Waals surface area contributed by atoms with Gasteiger partial charge < -0.3 is 10.1 Å². The van der Waals surface area contributed by atoms with Crippen molar-refractivity contribution in [3.05, 3.63) is 48.0 Å². The molecule has 0 fully saturated rings. The molecule has 2 heteroatoms. The molecule has 0 amide bonds. The summed E-state index contributed by atoms with van der Waals surface area (Å²) in [6.07, 6.45) is 0. The molecule has 2 rings (SSSR count). The van der Waals surface area contributed by atoms with Crippen LogP contribution in [0.3, 0.4) is 0 Å². The largest absolute Gasteiger partial charge is 0.377 e. The first-order valence-corrected chi connectivity index (χ1v) is 6.35. The third-order valence-corrected chi connectivity index (χ3v) is 3.30. The summed E-state index contributed by atoms with van der Waals surface area (Å²) in [6.45, 7) is 5.88. The lowest BCUT2D eigenvalue weighted by molar-refractivity contribution is 0.0231. The molecule has 0 aliphatic rings. The lowest BCUT2D eigenvalue weighted by Gasteiger charge is -2.23. The molecular formula is C16H21NO. The molecule has 0 saturated carbocycles. The van der Waals surface area contributed by atoms with E-state index in [1.165, 1.54) is 16.3 Å². The van der Waals surface area contributed by atoms with Crippen molar-refractivity contribution in [2.45, 2.75) is 26.0 Å². The monoisotopic (exact) mass is 243 g/mol. The third kappa shape index (κ3) is 3.09. The summed E-state index contributed by atoms with van der Waals surface area (Å²) in [5.74, 6) is 0. The van der Waals surface area contributed by atoms with Gasteiger partial charge in [-0.3, -0.25) is 0 Å². The van der Waals surface area contributed by atoms with Gasteiger partial charge in [-0.05, 0) is 30.2 Å². The minimum Gasteiger partial charge on any atom is -0.377 e. The first kappa shape index (κ1) is 13.1. The Morgan fingerprint density at radius 3 is 2.56 bits per heavy atom. The Hall–Kier alpha value is -1.38. The van der Waals surface area contributed by atoms with E-state index in [9.17, 15) is 0 Å². The van der Waals surface area contributed by atoms with E-state index in [-0.39, 0.29) is 5.60 Å². The fourth-order valence-corrected chi connectivity index (χ4v) is 2.02. The molecule has 0 radical (unpaired) electrons. The van der Waals surface area contributed by atoms with E-state index in [1.807, 2.05) is 0 Å². The predicted octanol–water partition coefficient (Wildman–Crippen LogP) is 3.35. The Labute approximate surface area is 109 Å². The summed E-state index contributed by atoms with van der Waals surface area (Å²) in [7, 11) is 1.75. The zero-order valence-electron chi connectivity index (χ0n) is 11.4. The van der Waals surface area contributed by atoms with Gasteiger partial charge in [0.25, 0.3) is 0 Å². The zero-order chi connectivity index (χ0) is 13.0. The molecule has 0 unspecified atom stereocenters. The van der Waals surface area contributed by atoms with E-state index >= 15 is 0 Å². The second kappa shape index (κ2) is 5.51. The standard InChI is InChI=1S/C16H21NO/c1-16(2,18-3)12-17-11-14-9-6-8-13-7-4-5-10-15(13)14/h4-10,17H,11-12H2,1-3H3. The molecule has 2 aromatic rings. The van der Waals surface area contributed by atoms with Crippen LogP contribution in [0.5, 0.6) is 0 Å². The number of nitrogens with one attached hydrogen (secondary N) is 1. The van der Waals surface area contributed by atoms with Crippen molar-refractivity contribution in [3.63, 3.8) is 0 Å². The highest BCUT2D eigenvalue weighted by atomic mass is 16.5. The van der Waals surface area contributed by atoms with Gasteiger partial charge in [-0.15, -0.1) is 0 Å². The third-order valence-electron chi connectivity index (χ3n) is 3.30. The molecule has 0 aliphatic carbocycles. The summed E-state index contributed by atoms with van der Waals surface area (Å²) in [5, 5.41) is 6.08. The number of rotatable bonds is 5. The Kier molecular flexibility index (Phi) is 4.00. The van der Waals surface area contributed by atoms with Gasteiger partial charge in [-0.25, -0.2) is 0 Å². The smallest absolute Gasteiger partial charge is 0.0746 e. The van der Waals surface area contributed by atoms with Crippen LogP contribution in [0.2, 0.25) is 0 Å². The van der Waals surface area contributed by atoms with Crippen molar-refractivity contribution in [2.24, 2.45) is 0 Å². The Morgan fingerprint density at radius 2 is 1.78 bits per heavy atom. The second-order valence-electron chi connectivity index (χ2n) is 5.21. The van der Waals surface area contributed by atoms with E-state index in [0.29, 0.717) is 0 Å². The van der Waals surface area contributed by atoms with Gasteiger partial charge >= 0.3 is 0 Å². The molecule has 2 aromatic carbocycles. The van der Waals surface area contributed by atoms with Crippen LogP contribution in [0.25, 0.3) is 10.8 Å². The van der Waals surface area contributed by atoms with Gasteiger partial charge in [0.1, 0.15) is 0 Å². The SMILES string of the molecule is COC(C)(C)CNCc1cccc2ccccc12. The topological polar surface area (TPSA) is 21.3 Å². The number of fused-ring (bicyclic) bond motifs is 1. The number of benzene rings is 2. The molecule has 0 heterocycles. The predicted molar refractivity (Wildman–Crippen MR) is 76.7 cm³/mol. The molecule has 1 N–H and O–H groups in total. The average Bonchev–Trinajstić information content (AvgIpc) is 2.39. The molecule has 96 valence electrons. The Morgan fingerprint density at radius 1 is 1.06 bits per heavy atom. The zero-order valence-corrected chi connectivity index (χ0v) is 11.4. The van der Waals surface area contributed by atoms with E-state index in [1.54, 1.807) is 7.11 Å². The van der Waals surface area contributed by atoms with Crippen LogP contribution < -0.4 is 5.32 Å². The van der Waals surface area contributed by atoms with E-state index in [2.05, 4.69) is 61.6 Å². The minimum absolute atomic E-state index is 0.120. The van der Waals surface area contributed by atoms with E-state index in [4.69, 9.17) is 4.74 Å². The number of hydrogen-bond donors (Lipinski definition) is 1. The van der Waals surface area contributed by atoms with Crippen LogP contribution in [0.4, 0.5) is 0 Å². The van der Waals surface area contributed by atoms with Gasteiger partial charge in [0.05, 0.1) is 5.60 Å². The number of hydrogen-bond acceptors (Lipinski definition) is 2. The van der Waals surface area contributed by atoms with Crippen molar-refractivity contribution in [1.29, 1.82) is 0 Å². The normalized spacial score (nSPS) is 11.9. The maximum absolute atomic E-state index is 5.40. The van der Waals surface area contributed by atoms with Crippen LogP contribution in [0.1, 0.15) is 19.4 Å². The van der Waals surface area contributed by atoms with Crippen molar-refractivity contribution in [3.8, 4) is 0 Å². The summed E-state index contributed by atoms with van der Waals surface area (Å²) >= 11 is 0. The van der Waals surface area contributed by atoms with Crippen LogP contribution in [0, 0.1) is 0 Å². The lowest BCUT2D eigenvalue weighted by atomic mass is 10.0. The molecule has 0 saturated heterocycles. The first-order chi connectivity index (χ1) is 8.62. The van der Waals surface area contributed by atoms with Crippen molar-refractivity contribution in [1.82, 2.24) is 5.32 Å². The van der Waals surface area contributed by atoms with Crippen LogP contribution in [-0.4, -0.2) is 19.3 Å². The highest BCUT2D eigenvalue weighted by Gasteiger charge is 2.15. The average molecular weight is 243 g/mol. The minimum atomic E-state index is -0.120. The molecule has 2 nitrogen and oxygen atoms in total. The maximum atomic E-state index is 5.40. The van der Waals surface area contributed by atoms with Gasteiger partial charge in [0.2, 0.25) is 0 Å². The molecule has 0 bridgehead atoms. The highest BCUT2D eigenvalue weighted by molar-refractivity contribution is 5.85. The summed E-state index contributed by atoms with van der Waals surface area (Å²) in [4.78, 5) is 0. The quantitative estimate of drug-likeness (QED) is 0.869. The maximum Gasteiger partial charge on any atom is 0.0746 e. The molecular weight excluding hydrogens is 222 g/mol. The van der Waals surface area contributed by atoms with E-state index in [0.717, 1.165) is 13.1 Å². The van der Waals surface area contributed by atoms with Crippen LogP contribution in [-0.2, 0) is 11.3 Å². The fourth-order valence-electron chi connectivity index (χ4n) is 2.02. The molecule has 0 aliphatic heterocycles. The van der Waals surface area contributed by atoms with Crippen molar-refractivity contribution >= 4 is 10.8 Å². The van der Waals surface area contributed by atoms with Gasteiger partial charge in [0.15, 0.2) is 0 Å². The molecule has 0 atom stereocenters. The Bertz CT molecular complexity index is 514. The number of ether oxygens (including phenoxy) is 1. The first-order valence-electron chi connectivity index (χ1n) is 6.35. The lowest BCUT2D eigenvalue weighted by Crippen LogP contribution is -2.36. The van der Waals surface area contributed by atoms with Gasteiger partial charge in [-0.2, -0.15) is 0 Å². The number of methoxy groups -OCH3 is 1. The molecule has 0 aromatic heterocycles. The molecule has 18 heavy (non-hydrogen) atoms. The Balaban J connectivity index is 2.08. The fraction of sp³-hybridized carbons (Fsp3) is 0.375. The summed E-state index contributed by atoms with van der Waals surface area (Å²) in [6, 6.07) is 14.9. The van der Waals surface area contributed by atoms with Crippen LogP contribution in [0.15, 0.2) is 42.5 Å². The summed E-state index contributed by atoms with van der Waals surface area (Å²) in [5.41, 5.74) is 1.21. The molecule has 0 spiro atoms. The van der Waals surface area contributed by atoms with Gasteiger partial charge in [-0.1, -0.05) is 42.5 Å². The van der Waals surface area contributed by atoms with E-state index < -0.39 is 0 Å². The highest BCUT2D eigenvalue weighted by Crippen LogP contribution is 2.18. The van der Waals surface area contributed by atoms with Crippen molar-refractivity contribution in [2.75, 3.05) is 13.7 Å². The van der Waals surface area contributed by atoms with Crippen LogP contribution >= 0.6 is 0 Å².